The fraction of sp³-hybridized carbons (Fsp3) is 0.333. The highest BCUT2D eigenvalue weighted by molar-refractivity contribution is 5.77. The van der Waals surface area contributed by atoms with E-state index in [0.29, 0.717) is 24.4 Å². The first-order chi connectivity index (χ1) is 8.31. The van der Waals surface area contributed by atoms with Crippen LogP contribution in [-0.2, 0) is 11.3 Å². The Balaban J connectivity index is 0.00000162. The molecule has 1 aromatic carbocycles. The molecule has 5 nitrogen and oxygen atoms in total. The summed E-state index contributed by atoms with van der Waals surface area (Å²) in [5, 5.41) is 3.76. The van der Waals surface area contributed by atoms with Gasteiger partial charge in [-0.05, 0) is 12.1 Å². The van der Waals surface area contributed by atoms with Crippen molar-refractivity contribution in [2.45, 2.75) is 6.54 Å². The molecule has 0 aliphatic heterocycles. The summed E-state index contributed by atoms with van der Waals surface area (Å²) in [5.74, 6) is 0.643. The average molecular weight is 269 g/mol. The molecule has 0 saturated carbocycles. The number of nitrogens with one attached hydrogen (secondary N) is 2. The third kappa shape index (κ3) is 3.53. The molecule has 2 aromatic rings. The molecule has 0 saturated heterocycles. The predicted octanol–water partition coefficient (Wildman–Crippen LogP) is -2.34. The van der Waals surface area contributed by atoms with Gasteiger partial charge in [-0.2, -0.15) is 0 Å². The first-order valence-electron chi connectivity index (χ1n) is 5.49. The van der Waals surface area contributed by atoms with E-state index >= 15 is 0 Å². The lowest BCUT2D eigenvalue weighted by Gasteiger charge is -2.04. The topological polar surface area (TPSA) is 67.0 Å². The number of aromatic nitrogens is 2. The van der Waals surface area contributed by atoms with Crippen molar-refractivity contribution < 1.29 is 17.1 Å². The molecule has 6 heteroatoms. The molecule has 18 heavy (non-hydrogen) atoms. The van der Waals surface area contributed by atoms with Crippen LogP contribution in [0.2, 0.25) is 0 Å². The standard InChI is InChI=1S/C12H15N3O2.ClH/c1-17-7-6-13-8-11-14-10-5-3-2-4-9(10)12(16)15-11;/h2-5,13H,6-8H2,1H3,(H,14,15,16);1H/p-1. The Morgan fingerprint density at radius 1 is 1.39 bits per heavy atom. The van der Waals surface area contributed by atoms with Crippen LogP contribution in [0, 0.1) is 0 Å². The number of rotatable bonds is 5. The van der Waals surface area contributed by atoms with Gasteiger partial charge in [-0.3, -0.25) is 4.79 Å². The summed E-state index contributed by atoms with van der Waals surface area (Å²) in [6, 6.07) is 7.30. The second-order valence-corrected chi connectivity index (χ2v) is 3.70. The monoisotopic (exact) mass is 268 g/mol. The molecule has 0 fully saturated rings. The number of aromatic amines is 1. The third-order valence-corrected chi connectivity index (χ3v) is 2.44. The van der Waals surface area contributed by atoms with Gasteiger partial charge in [0.1, 0.15) is 5.82 Å². The van der Waals surface area contributed by atoms with Crippen LogP contribution < -0.4 is 23.3 Å². The van der Waals surface area contributed by atoms with E-state index in [1.54, 1.807) is 13.2 Å². The van der Waals surface area contributed by atoms with E-state index in [4.69, 9.17) is 4.74 Å². The van der Waals surface area contributed by atoms with E-state index in [-0.39, 0.29) is 18.0 Å². The molecule has 0 amide bonds. The molecule has 98 valence electrons. The molecule has 0 unspecified atom stereocenters. The van der Waals surface area contributed by atoms with Gasteiger partial charge in [0.15, 0.2) is 0 Å². The third-order valence-electron chi connectivity index (χ3n) is 2.44. The van der Waals surface area contributed by atoms with Crippen LogP contribution in [0.5, 0.6) is 0 Å². The number of hydrogen-bond donors (Lipinski definition) is 2. The average Bonchev–Trinajstić information content (AvgIpc) is 2.35. The number of hydrogen-bond acceptors (Lipinski definition) is 4. The van der Waals surface area contributed by atoms with Crippen molar-refractivity contribution in [3.8, 4) is 0 Å². The fourth-order valence-electron chi connectivity index (χ4n) is 1.60. The molecule has 0 aliphatic rings. The lowest BCUT2D eigenvalue weighted by atomic mass is 10.2. The molecule has 1 aromatic heterocycles. The van der Waals surface area contributed by atoms with Crippen molar-refractivity contribution in [2.75, 3.05) is 20.3 Å². The highest BCUT2D eigenvalue weighted by Gasteiger charge is 2.02. The number of fused-ring (bicyclic) bond motifs is 1. The quantitative estimate of drug-likeness (QED) is 0.597. The molecule has 0 atom stereocenters. The van der Waals surface area contributed by atoms with Gasteiger partial charge in [0.05, 0.1) is 24.1 Å². The van der Waals surface area contributed by atoms with Crippen LogP contribution >= 0.6 is 0 Å². The van der Waals surface area contributed by atoms with E-state index in [1.165, 1.54) is 0 Å². The number of para-hydroxylation sites is 1. The zero-order valence-corrected chi connectivity index (χ0v) is 10.8. The zero-order valence-electron chi connectivity index (χ0n) is 10.1. The molecule has 0 aliphatic carbocycles. The molecule has 2 N–H and O–H groups in total. The Labute approximate surface area is 111 Å². The smallest absolute Gasteiger partial charge is 0.258 e. The van der Waals surface area contributed by atoms with Crippen LogP contribution in [0.3, 0.4) is 0 Å². The van der Waals surface area contributed by atoms with Crippen molar-refractivity contribution in [3.05, 3.63) is 40.4 Å². The number of ether oxygens (including phenoxy) is 1. The summed E-state index contributed by atoms with van der Waals surface area (Å²) < 4.78 is 4.92. The van der Waals surface area contributed by atoms with E-state index in [1.807, 2.05) is 18.2 Å². The predicted molar refractivity (Wildman–Crippen MR) is 65.9 cm³/mol. The van der Waals surface area contributed by atoms with Crippen LogP contribution in [0.1, 0.15) is 5.82 Å². The summed E-state index contributed by atoms with van der Waals surface area (Å²) in [6.07, 6.45) is 0. The number of methoxy groups -OCH3 is 1. The Kier molecular flexibility index (Phi) is 5.77. The van der Waals surface area contributed by atoms with Gasteiger partial charge in [-0.15, -0.1) is 0 Å². The van der Waals surface area contributed by atoms with Crippen LogP contribution in [0.15, 0.2) is 29.1 Å². The molecule has 0 bridgehead atoms. The Bertz CT molecular complexity index is 556. The SMILES string of the molecule is COCCNCc1nc2ccccc2c(=O)[nH]1.[Cl-]. The Morgan fingerprint density at radius 2 is 2.17 bits per heavy atom. The van der Waals surface area contributed by atoms with Gasteiger partial charge in [0.2, 0.25) is 0 Å². The Morgan fingerprint density at radius 3 is 2.94 bits per heavy atom. The lowest BCUT2D eigenvalue weighted by Crippen LogP contribution is -3.00. The van der Waals surface area contributed by atoms with Gasteiger partial charge >= 0.3 is 0 Å². The maximum atomic E-state index is 11.7. The van der Waals surface area contributed by atoms with Gasteiger partial charge in [0, 0.05) is 13.7 Å². The Hall–Kier alpha value is -1.43. The van der Waals surface area contributed by atoms with E-state index in [9.17, 15) is 4.79 Å². The maximum absolute atomic E-state index is 11.7. The summed E-state index contributed by atoms with van der Waals surface area (Å²) >= 11 is 0. The van der Waals surface area contributed by atoms with Crippen molar-refractivity contribution in [1.82, 2.24) is 15.3 Å². The van der Waals surface area contributed by atoms with Crippen molar-refractivity contribution in [2.24, 2.45) is 0 Å². The maximum Gasteiger partial charge on any atom is 0.258 e. The van der Waals surface area contributed by atoms with Gasteiger partial charge in [-0.25, -0.2) is 4.98 Å². The molecule has 0 radical (unpaired) electrons. The summed E-state index contributed by atoms with van der Waals surface area (Å²) in [4.78, 5) is 18.9. The van der Waals surface area contributed by atoms with Crippen molar-refractivity contribution in [3.63, 3.8) is 0 Å². The molecule has 2 rings (SSSR count). The lowest BCUT2D eigenvalue weighted by molar-refractivity contribution is -0.00000406. The van der Waals surface area contributed by atoms with Gasteiger partial charge in [-0.1, -0.05) is 12.1 Å². The molecule has 1 heterocycles. The number of nitrogens with zero attached hydrogens (tertiary/aromatic N) is 1. The van der Waals surface area contributed by atoms with Crippen molar-refractivity contribution in [1.29, 1.82) is 0 Å². The summed E-state index contributed by atoms with van der Waals surface area (Å²) in [5.41, 5.74) is 0.624. The minimum atomic E-state index is -0.0980. The first-order valence-corrected chi connectivity index (χ1v) is 5.49. The summed E-state index contributed by atoms with van der Waals surface area (Å²) in [7, 11) is 1.65. The van der Waals surface area contributed by atoms with Gasteiger partial charge in [0.25, 0.3) is 5.56 Å². The van der Waals surface area contributed by atoms with Crippen LogP contribution in [0.25, 0.3) is 10.9 Å². The normalized spacial score (nSPS) is 10.3. The molecular weight excluding hydrogens is 254 g/mol. The number of H-pyrrole nitrogens is 1. The molecule has 0 spiro atoms. The highest BCUT2D eigenvalue weighted by Crippen LogP contribution is 2.05. The largest absolute Gasteiger partial charge is 1.00 e. The highest BCUT2D eigenvalue weighted by atomic mass is 35.5. The number of halogens is 1. The first kappa shape index (κ1) is 14.6. The fourth-order valence-corrected chi connectivity index (χ4v) is 1.60. The minimum Gasteiger partial charge on any atom is -1.00 e. The van der Waals surface area contributed by atoms with Crippen LogP contribution in [-0.4, -0.2) is 30.2 Å². The molecular formula is C12H15ClN3O2-. The van der Waals surface area contributed by atoms with Gasteiger partial charge < -0.3 is 27.4 Å². The van der Waals surface area contributed by atoms with E-state index in [2.05, 4.69) is 15.3 Å². The zero-order chi connectivity index (χ0) is 12.1. The van der Waals surface area contributed by atoms with Crippen molar-refractivity contribution >= 4 is 10.9 Å². The van der Waals surface area contributed by atoms with E-state index in [0.717, 1.165) is 12.1 Å². The second kappa shape index (κ2) is 7.10. The van der Waals surface area contributed by atoms with E-state index < -0.39 is 0 Å². The minimum absolute atomic E-state index is 0. The summed E-state index contributed by atoms with van der Waals surface area (Å²) in [6.45, 7) is 1.90. The second-order valence-electron chi connectivity index (χ2n) is 3.70. The van der Waals surface area contributed by atoms with Crippen LogP contribution in [0.4, 0.5) is 0 Å². The number of benzene rings is 1.